The van der Waals surface area contributed by atoms with Crippen molar-refractivity contribution in [2.24, 2.45) is 11.1 Å². The van der Waals surface area contributed by atoms with Crippen LogP contribution in [0.3, 0.4) is 0 Å². The van der Waals surface area contributed by atoms with Crippen molar-refractivity contribution in [1.82, 2.24) is 10.2 Å². The molecule has 1 aliphatic carbocycles. The van der Waals surface area contributed by atoms with Crippen LogP contribution in [0.2, 0.25) is 0 Å². The SMILES string of the molecule is COc1ccc(-c2n[nH]c3cc(C#N)c(OCC4CC4)cc23)cc1S(N)(=O)=O. The molecule has 1 fully saturated rings. The van der Waals surface area contributed by atoms with Crippen molar-refractivity contribution in [3.63, 3.8) is 0 Å². The van der Waals surface area contributed by atoms with E-state index in [0.717, 1.165) is 18.2 Å². The second-order valence-electron chi connectivity index (χ2n) is 6.74. The molecule has 0 saturated heterocycles. The topological polar surface area (TPSA) is 131 Å². The van der Waals surface area contributed by atoms with Crippen LogP contribution in [0, 0.1) is 17.2 Å². The Hall–Kier alpha value is -3.09. The van der Waals surface area contributed by atoms with Gasteiger partial charge in [0.2, 0.25) is 10.0 Å². The fourth-order valence-electron chi connectivity index (χ4n) is 3.01. The predicted octanol–water partition coefficient (Wildman–Crippen LogP) is 2.55. The first-order chi connectivity index (χ1) is 13.4. The van der Waals surface area contributed by atoms with Crippen molar-refractivity contribution in [2.75, 3.05) is 13.7 Å². The summed E-state index contributed by atoms with van der Waals surface area (Å²) in [5.74, 6) is 1.20. The fourth-order valence-corrected chi connectivity index (χ4v) is 3.73. The summed E-state index contributed by atoms with van der Waals surface area (Å²) in [5, 5.41) is 22.6. The first-order valence-corrected chi connectivity index (χ1v) is 10.2. The minimum atomic E-state index is -3.97. The van der Waals surface area contributed by atoms with Crippen LogP contribution in [0.5, 0.6) is 11.5 Å². The first-order valence-electron chi connectivity index (χ1n) is 8.67. The van der Waals surface area contributed by atoms with Gasteiger partial charge in [-0.25, -0.2) is 13.6 Å². The van der Waals surface area contributed by atoms with Crippen LogP contribution in [0.4, 0.5) is 0 Å². The Balaban J connectivity index is 1.83. The van der Waals surface area contributed by atoms with Crippen LogP contribution in [-0.4, -0.2) is 32.3 Å². The van der Waals surface area contributed by atoms with Crippen molar-refractivity contribution < 1.29 is 17.9 Å². The third kappa shape index (κ3) is 3.40. The molecular formula is C19H18N4O4S. The van der Waals surface area contributed by atoms with E-state index in [-0.39, 0.29) is 10.6 Å². The zero-order valence-corrected chi connectivity index (χ0v) is 15.9. The largest absolute Gasteiger partial charge is 0.495 e. The molecule has 3 aromatic rings. The van der Waals surface area contributed by atoms with Gasteiger partial charge in [-0.05, 0) is 49.1 Å². The molecule has 0 aliphatic heterocycles. The van der Waals surface area contributed by atoms with Crippen molar-refractivity contribution in [3.8, 4) is 28.8 Å². The monoisotopic (exact) mass is 398 g/mol. The van der Waals surface area contributed by atoms with E-state index in [2.05, 4.69) is 16.3 Å². The lowest BCUT2D eigenvalue weighted by Crippen LogP contribution is -2.13. The van der Waals surface area contributed by atoms with Gasteiger partial charge >= 0.3 is 0 Å². The van der Waals surface area contributed by atoms with Gasteiger partial charge in [0.1, 0.15) is 28.2 Å². The molecule has 0 radical (unpaired) electrons. The van der Waals surface area contributed by atoms with Gasteiger partial charge in [0, 0.05) is 10.9 Å². The number of H-pyrrole nitrogens is 1. The lowest BCUT2D eigenvalue weighted by atomic mass is 10.1. The van der Waals surface area contributed by atoms with Gasteiger partial charge in [-0.15, -0.1) is 0 Å². The molecule has 8 nitrogen and oxygen atoms in total. The normalized spacial score (nSPS) is 14.0. The third-order valence-corrected chi connectivity index (χ3v) is 5.63. The molecule has 9 heteroatoms. The highest BCUT2D eigenvalue weighted by Crippen LogP contribution is 2.36. The van der Waals surface area contributed by atoms with Gasteiger partial charge < -0.3 is 9.47 Å². The predicted molar refractivity (Wildman–Crippen MR) is 102 cm³/mol. The summed E-state index contributed by atoms with van der Waals surface area (Å²) < 4.78 is 34.7. The summed E-state index contributed by atoms with van der Waals surface area (Å²) >= 11 is 0. The number of benzene rings is 2. The standard InChI is InChI=1S/C19H18N4O4S/c1-26-16-5-4-12(7-18(16)28(21,24)25)19-14-8-17(27-10-11-2-3-11)13(9-20)6-15(14)22-23-19/h4-8,11H,2-3,10H2,1H3,(H,22,23)(H2,21,24,25). The molecule has 28 heavy (non-hydrogen) atoms. The second-order valence-corrected chi connectivity index (χ2v) is 8.27. The number of nitriles is 1. The summed E-state index contributed by atoms with van der Waals surface area (Å²) in [6.07, 6.45) is 2.28. The number of nitrogens with one attached hydrogen (secondary N) is 1. The molecule has 3 N–H and O–H groups in total. The van der Waals surface area contributed by atoms with E-state index >= 15 is 0 Å². The number of aromatic nitrogens is 2. The molecule has 0 atom stereocenters. The van der Waals surface area contributed by atoms with E-state index in [1.165, 1.54) is 19.2 Å². The minimum Gasteiger partial charge on any atom is -0.495 e. The van der Waals surface area contributed by atoms with Crippen LogP contribution in [-0.2, 0) is 10.0 Å². The lowest BCUT2D eigenvalue weighted by Gasteiger charge is -2.09. The number of hydrogen-bond donors (Lipinski definition) is 2. The quantitative estimate of drug-likeness (QED) is 0.656. The molecule has 1 saturated carbocycles. The van der Waals surface area contributed by atoms with E-state index in [1.807, 2.05) is 0 Å². The zero-order valence-electron chi connectivity index (χ0n) is 15.1. The van der Waals surface area contributed by atoms with Crippen LogP contribution < -0.4 is 14.6 Å². The van der Waals surface area contributed by atoms with Crippen molar-refractivity contribution in [1.29, 1.82) is 5.26 Å². The van der Waals surface area contributed by atoms with Gasteiger partial charge in [0.05, 0.1) is 24.8 Å². The van der Waals surface area contributed by atoms with Crippen molar-refractivity contribution in [3.05, 3.63) is 35.9 Å². The minimum absolute atomic E-state index is 0.123. The number of aromatic amines is 1. The Labute approximate surface area is 161 Å². The summed E-state index contributed by atoms with van der Waals surface area (Å²) in [6.45, 7) is 0.575. The van der Waals surface area contributed by atoms with E-state index in [0.29, 0.717) is 40.6 Å². The van der Waals surface area contributed by atoms with Gasteiger partial charge in [-0.2, -0.15) is 10.4 Å². The summed E-state index contributed by atoms with van der Waals surface area (Å²) in [6, 6.07) is 10.2. The number of nitrogens with two attached hydrogens (primary N) is 1. The summed E-state index contributed by atoms with van der Waals surface area (Å²) in [4.78, 5) is -0.123. The number of hydrogen-bond acceptors (Lipinski definition) is 6. The highest BCUT2D eigenvalue weighted by molar-refractivity contribution is 7.89. The number of sulfonamides is 1. The average Bonchev–Trinajstić information content (AvgIpc) is 3.42. The number of rotatable bonds is 6. The maximum atomic E-state index is 11.9. The van der Waals surface area contributed by atoms with Crippen LogP contribution in [0.25, 0.3) is 22.2 Å². The third-order valence-electron chi connectivity index (χ3n) is 4.70. The number of nitrogens with zero attached hydrogens (tertiary/aromatic N) is 2. The van der Waals surface area contributed by atoms with Crippen molar-refractivity contribution in [2.45, 2.75) is 17.7 Å². The molecule has 0 amide bonds. The number of fused-ring (bicyclic) bond motifs is 1. The molecule has 4 rings (SSSR count). The average molecular weight is 398 g/mol. The van der Waals surface area contributed by atoms with E-state index in [9.17, 15) is 13.7 Å². The maximum Gasteiger partial charge on any atom is 0.241 e. The Morgan fingerprint density at radius 3 is 2.71 bits per heavy atom. The molecule has 1 aliphatic rings. The van der Waals surface area contributed by atoms with Gasteiger partial charge in [-0.1, -0.05) is 0 Å². The summed E-state index contributed by atoms with van der Waals surface area (Å²) in [5.41, 5.74) is 2.15. The Bertz CT molecular complexity index is 1210. The van der Waals surface area contributed by atoms with Crippen LogP contribution in [0.15, 0.2) is 35.2 Å². The highest BCUT2D eigenvalue weighted by Gasteiger charge is 2.23. The molecule has 1 heterocycles. The molecule has 0 bridgehead atoms. The molecule has 0 unspecified atom stereocenters. The number of ether oxygens (including phenoxy) is 2. The van der Waals surface area contributed by atoms with Gasteiger partial charge in [0.15, 0.2) is 0 Å². The van der Waals surface area contributed by atoms with E-state index in [1.54, 1.807) is 18.2 Å². The van der Waals surface area contributed by atoms with Crippen molar-refractivity contribution >= 4 is 20.9 Å². The number of methoxy groups -OCH3 is 1. The first kappa shape index (κ1) is 18.3. The Kier molecular flexibility index (Phi) is 4.45. The highest BCUT2D eigenvalue weighted by atomic mass is 32.2. The number of primary sulfonamides is 1. The zero-order chi connectivity index (χ0) is 19.9. The Morgan fingerprint density at radius 1 is 1.29 bits per heavy atom. The fraction of sp³-hybridized carbons (Fsp3) is 0.263. The smallest absolute Gasteiger partial charge is 0.241 e. The van der Waals surface area contributed by atoms with E-state index in [4.69, 9.17) is 14.6 Å². The van der Waals surface area contributed by atoms with Crippen LogP contribution >= 0.6 is 0 Å². The summed E-state index contributed by atoms with van der Waals surface area (Å²) in [7, 11) is -2.60. The molecule has 144 valence electrons. The Morgan fingerprint density at radius 2 is 2.07 bits per heavy atom. The van der Waals surface area contributed by atoms with Gasteiger partial charge in [0.25, 0.3) is 0 Å². The van der Waals surface area contributed by atoms with Gasteiger partial charge in [-0.3, -0.25) is 5.10 Å². The molecule has 0 spiro atoms. The molecule has 1 aromatic heterocycles. The molecular weight excluding hydrogens is 380 g/mol. The maximum absolute atomic E-state index is 11.9. The second kappa shape index (κ2) is 6.82. The van der Waals surface area contributed by atoms with E-state index < -0.39 is 10.0 Å². The molecule has 2 aromatic carbocycles. The lowest BCUT2D eigenvalue weighted by molar-refractivity contribution is 0.299. The van der Waals surface area contributed by atoms with Crippen LogP contribution in [0.1, 0.15) is 18.4 Å².